The second kappa shape index (κ2) is 6.13. The van der Waals surface area contributed by atoms with Crippen molar-refractivity contribution in [2.75, 3.05) is 0 Å². The Bertz CT molecular complexity index is 1200. The van der Waals surface area contributed by atoms with Crippen LogP contribution in [0.25, 0.3) is 22.4 Å². The van der Waals surface area contributed by atoms with Crippen LogP contribution in [0.4, 0.5) is 0 Å². The highest BCUT2D eigenvalue weighted by Crippen LogP contribution is 2.42. The molecule has 0 unspecified atom stereocenters. The number of nitrogens with one attached hydrogen (secondary N) is 1. The summed E-state index contributed by atoms with van der Waals surface area (Å²) in [6.07, 6.45) is 2.40. The summed E-state index contributed by atoms with van der Waals surface area (Å²) >= 11 is 5.54. The number of aromatic nitrogens is 6. The fraction of sp³-hybridized carbons (Fsp3) is 0.300. The van der Waals surface area contributed by atoms with Crippen LogP contribution in [0, 0.1) is 11.7 Å². The molecule has 1 fully saturated rings. The molecule has 1 aliphatic carbocycles. The van der Waals surface area contributed by atoms with Crippen LogP contribution in [0.2, 0.25) is 0 Å². The van der Waals surface area contributed by atoms with Crippen LogP contribution in [0.3, 0.4) is 0 Å². The molecule has 0 bridgehead atoms. The molecule has 0 amide bonds. The molecule has 0 aliphatic heterocycles. The fourth-order valence-electron chi connectivity index (χ4n) is 3.66. The van der Waals surface area contributed by atoms with Gasteiger partial charge < -0.3 is 0 Å². The van der Waals surface area contributed by atoms with Crippen molar-refractivity contribution in [1.29, 1.82) is 0 Å². The minimum atomic E-state index is 0.549. The van der Waals surface area contributed by atoms with E-state index >= 15 is 0 Å². The first-order chi connectivity index (χ1) is 13.1. The van der Waals surface area contributed by atoms with Crippen LogP contribution in [0.15, 0.2) is 36.4 Å². The van der Waals surface area contributed by atoms with E-state index in [-0.39, 0.29) is 0 Å². The largest absolute Gasteiger partial charge is 0.296 e. The van der Waals surface area contributed by atoms with Gasteiger partial charge in [0.05, 0.1) is 17.6 Å². The minimum absolute atomic E-state index is 0.549. The molecule has 0 saturated heterocycles. The van der Waals surface area contributed by atoms with Crippen LogP contribution >= 0.6 is 12.2 Å². The van der Waals surface area contributed by atoms with E-state index in [9.17, 15) is 0 Å². The number of aromatic amines is 1. The summed E-state index contributed by atoms with van der Waals surface area (Å²) in [5.74, 6) is 1.39. The van der Waals surface area contributed by atoms with Crippen molar-refractivity contribution < 1.29 is 0 Å². The number of H-pyrrole nitrogens is 1. The number of fused-ring (bicyclic) bond motifs is 1. The second-order valence-electron chi connectivity index (χ2n) is 7.20. The summed E-state index contributed by atoms with van der Waals surface area (Å²) in [5, 5.41) is 13.2. The molecule has 3 aromatic heterocycles. The lowest BCUT2D eigenvalue weighted by Gasteiger charge is -2.10. The molecule has 1 saturated carbocycles. The van der Waals surface area contributed by atoms with E-state index in [0.717, 1.165) is 33.8 Å². The molecular formula is C20H20N6S. The van der Waals surface area contributed by atoms with Crippen molar-refractivity contribution in [2.45, 2.75) is 32.2 Å². The van der Waals surface area contributed by atoms with E-state index in [1.54, 1.807) is 0 Å². The molecule has 6 nitrogen and oxygen atoms in total. The topological polar surface area (TPSA) is 64.3 Å². The highest BCUT2D eigenvalue weighted by molar-refractivity contribution is 7.71. The number of benzene rings is 1. The standard InChI is InChI=1S/C20H20N6S/c1-12-17-15(10-16(14-8-9-14)21-19(17)25(2)24-12)18-22-23-20(27)26(18)11-13-6-4-3-5-7-13/h3-7,10,14H,8-9,11H2,1-2H3,(H,23,27). The molecule has 0 spiro atoms. The van der Waals surface area contributed by atoms with Gasteiger partial charge in [-0.1, -0.05) is 30.3 Å². The Kier molecular flexibility index (Phi) is 3.72. The molecule has 1 N–H and O–H groups in total. The van der Waals surface area contributed by atoms with Gasteiger partial charge in [0.2, 0.25) is 0 Å². The number of nitrogens with zero attached hydrogens (tertiary/aromatic N) is 5. The third-order valence-electron chi connectivity index (χ3n) is 5.17. The number of pyridine rings is 1. The molecule has 0 atom stereocenters. The van der Waals surface area contributed by atoms with Gasteiger partial charge in [-0.25, -0.2) is 4.98 Å². The molecular weight excluding hydrogens is 356 g/mol. The quantitative estimate of drug-likeness (QED) is 0.544. The van der Waals surface area contributed by atoms with Gasteiger partial charge in [0.1, 0.15) is 0 Å². The molecule has 5 rings (SSSR count). The lowest BCUT2D eigenvalue weighted by atomic mass is 10.1. The first kappa shape index (κ1) is 16.4. The molecule has 0 radical (unpaired) electrons. The predicted molar refractivity (Wildman–Crippen MR) is 107 cm³/mol. The second-order valence-corrected chi connectivity index (χ2v) is 7.59. The maximum atomic E-state index is 5.54. The van der Waals surface area contributed by atoms with Gasteiger partial charge in [0.15, 0.2) is 16.2 Å². The fourth-order valence-corrected chi connectivity index (χ4v) is 3.86. The molecule has 4 aromatic rings. The Morgan fingerprint density at radius 1 is 1.22 bits per heavy atom. The molecule has 27 heavy (non-hydrogen) atoms. The van der Waals surface area contributed by atoms with Crippen molar-refractivity contribution >= 4 is 23.3 Å². The first-order valence-electron chi connectivity index (χ1n) is 9.15. The summed E-state index contributed by atoms with van der Waals surface area (Å²) in [4.78, 5) is 4.89. The van der Waals surface area contributed by atoms with Gasteiger partial charge >= 0.3 is 0 Å². The summed E-state index contributed by atoms with van der Waals surface area (Å²) in [6, 6.07) is 12.5. The van der Waals surface area contributed by atoms with Crippen LogP contribution in [0.1, 0.15) is 35.7 Å². The summed E-state index contributed by atoms with van der Waals surface area (Å²) < 4.78 is 4.54. The summed E-state index contributed by atoms with van der Waals surface area (Å²) in [5.41, 5.74) is 5.23. The highest BCUT2D eigenvalue weighted by Gasteiger charge is 2.28. The third kappa shape index (κ3) is 2.78. The first-order valence-corrected chi connectivity index (χ1v) is 9.56. The monoisotopic (exact) mass is 376 g/mol. The van der Waals surface area contributed by atoms with Crippen molar-refractivity contribution in [3.05, 3.63) is 58.1 Å². The van der Waals surface area contributed by atoms with Gasteiger partial charge in [0.25, 0.3) is 0 Å². The Balaban J connectivity index is 1.73. The van der Waals surface area contributed by atoms with E-state index in [2.05, 4.69) is 38.1 Å². The zero-order chi connectivity index (χ0) is 18.5. The zero-order valence-electron chi connectivity index (χ0n) is 15.3. The molecule has 1 aliphatic rings. The average molecular weight is 376 g/mol. The smallest absolute Gasteiger partial charge is 0.195 e. The van der Waals surface area contributed by atoms with Gasteiger partial charge in [-0.15, -0.1) is 0 Å². The number of hydrogen-bond acceptors (Lipinski definition) is 4. The SMILES string of the molecule is Cc1nn(C)c2nc(C3CC3)cc(-c3n[nH]c(=S)n3Cc3ccccc3)c12. The number of rotatable bonds is 4. The maximum Gasteiger partial charge on any atom is 0.195 e. The van der Waals surface area contributed by atoms with Crippen molar-refractivity contribution in [3.8, 4) is 11.4 Å². The van der Waals surface area contributed by atoms with Gasteiger partial charge in [-0.2, -0.15) is 10.2 Å². The summed E-state index contributed by atoms with van der Waals surface area (Å²) in [7, 11) is 1.95. The molecule has 3 heterocycles. The Hall–Kier alpha value is -2.80. The van der Waals surface area contributed by atoms with Gasteiger partial charge in [-0.05, 0) is 43.6 Å². The summed E-state index contributed by atoms with van der Waals surface area (Å²) in [6.45, 7) is 2.69. The van der Waals surface area contributed by atoms with Crippen molar-refractivity contribution in [1.82, 2.24) is 29.5 Å². The number of hydrogen-bond donors (Lipinski definition) is 1. The van der Waals surface area contributed by atoms with Crippen molar-refractivity contribution in [3.63, 3.8) is 0 Å². The minimum Gasteiger partial charge on any atom is -0.296 e. The van der Waals surface area contributed by atoms with Crippen LogP contribution in [-0.2, 0) is 13.6 Å². The van der Waals surface area contributed by atoms with Gasteiger partial charge in [-0.3, -0.25) is 14.3 Å². The lowest BCUT2D eigenvalue weighted by Crippen LogP contribution is -2.04. The molecule has 136 valence electrons. The van der Waals surface area contributed by atoms with Crippen LogP contribution in [-0.4, -0.2) is 29.5 Å². The van der Waals surface area contributed by atoms with Crippen LogP contribution < -0.4 is 0 Å². The number of aryl methyl sites for hydroxylation is 2. The van der Waals surface area contributed by atoms with E-state index in [0.29, 0.717) is 17.2 Å². The highest BCUT2D eigenvalue weighted by atomic mass is 32.1. The van der Waals surface area contributed by atoms with E-state index in [1.807, 2.05) is 36.9 Å². The Morgan fingerprint density at radius 2 is 2.00 bits per heavy atom. The van der Waals surface area contributed by atoms with E-state index < -0.39 is 0 Å². The lowest BCUT2D eigenvalue weighted by molar-refractivity contribution is 0.770. The zero-order valence-corrected chi connectivity index (χ0v) is 16.1. The maximum absolute atomic E-state index is 5.54. The molecule has 7 heteroatoms. The van der Waals surface area contributed by atoms with E-state index in [1.165, 1.54) is 18.4 Å². The van der Waals surface area contributed by atoms with E-state index in [4.69, 9.17) is 17.2 Å². The molecule has 1 aromatic carbocycles. The Morgan fingerprint density at radius 3 is 2.74 bits per heavy atom. The predicted octanol–water partition coefficient (Wildman–Crippen LogP) is 4.12. The Labute approximate surface area is 161 Å². The van der Waals surface area contributed by atoms with Crippen molar-refractivity contribution in [2.24, 2.45) is 7.05 Å². The normalized spacial score (nSPS) is 14.1. The van der Waals surface area contributed by atoms with Gasteiger partial charge in [0, 0.05) is 24.2 Å². The average Bonchev–Trinajstić information content (AvgIpc) is 3.41. The third-order valence-corrected chi connectivity index (χ3v) is 5.48. The van der Waals surface area contributed by atoms with Crippen LogP contribution in [0.5, 0.6) is 0 Å².